The van der Waals surface area contributed by atoms with Gasteiger partial charge in [-0.15, -0.1) is 0 Å². The summed E-state index contributed by atoms with van der Waals surface area (Å²) in [5.74, 6) is -0.278. The predicted molar refractivity (Wildman–Crippen MR) is 82.7 cm³/mol. The summed E-state index contributed by atoms with van der Waals surface area (Å²) in [5.41, 5.74) is 1.000. The highest BCUT2D eigenvalue weighted by molar-refractivity contribution is 6.31. The van der Waals surface area contributed by atoms with Gasteiger partial charge >= 0.3 is 0 Å². The Morgan fingerprint density at radius 3 is 2.70 bits per heavy atom. The molecule has 2 unspecified atom stereocenters. The van der Waals surface area contributed by atoms with Gasteiger partial charge in [-0.3, -0.25) is 4.90 Å². The van der Waals surface area contributed by atoms with Gasteiger partial charge in [-0.2, -0.15) is 0 Å². The SMILES string of the molecule is CC(C)N(CC1CCCN1)C(C)c1ccc(F)cc1Cl. The quantitative estimate of drug-likeness (QED) is 0.884. The number of benzene rings is 1. The fourth-order valence-corrected chi connectivity index (χ4v) is 3.33. The second-order valence-corrected chi connectivity index (χ2v) is 6.33. The first-order valence-electron chi connectivity index (χ1n) is 7.43. The number of hydrogen-bond acceptors (Lipinski definition) is 2. The zero-order valence-electron chi connectivity index (χ0n) is 12.5. The van der Waals surface area contributed by atoms with E-state index < -0.39 is 0 Å². The van der Waals surface area contributed by atoms with E-state index in [-0.39, 0.29) is 11.9 Å². The maximum Gasteiger partial charge on any atom is 0.124 e. The van der Waals surface area contributed by atoms with Gasteiger partial charge in [0.1, 0.15) is 5.82 Å². The fraction of sp³-hybridized carbons (Fsp3) is 0.625. The van der Waals surface area contributed by atoms with E-state index in [1.807, 2.05) is 0 Å². The monoisotopic (exact) mass is 298 g/mol. The van der Waals surface area contributed by atoms with Crippen LogP contribution in [0.15, 0.2) is 18.2 Å². The lowest BCUT2D eigenvalue weighted by molar-refractivity contribution is 0.150. The van der Waals surface area contributed by atoms with Crippen molar-refractivity contribution in [2.45, 2.75) is 51.7 Å². The third-order valence-corrected chi connectivity index (χ3v) is 4.49. The van der Waals surface area contributed by atoms with Gasteiger partial charge in [0.05, 0.1) is 0 Å². The Bertz CT molecular complexity index is 444. The predicted octanol–water partition coefficient (Wildman–Crippen LogP) is 4.00. The van der Waals surface area contributed by atoms with Crippen molar-refractivity contribution in [3.8, 4) is 0 Å². The zero-order chi connectivity index (χ0) is 14.7. The average Bonchev–Trinajstić information content (AvgIpc) is 2.87. The molecule has 20 heavy (non-hydrogen) atoms. The Morgan fingerprint density at radius 1 is 1.40 bits per heavy atom. The number of nitrogens with zero attached hydrogens (tertiary/aromatic N) is 1. The highest BCUT2D eigenvalue weighted by Gasteiger charge is 2.25. The van der Waals surface area contributed by atoms with Crippen molar-refractivity contribution in [1.82, 2.24) is 10.2 Å². The van der Waals surface area contributed by atoms with Gasteiger partial charge in [0.2, 0.25) is 0 Å². The second-order valence-electron chi connectivity index (χ2n) is 5.93. The molecule has 1 heterocycles. The molecule has 0 amide bonds. The van der Waals surface area contributed by atoms with E-state index >= 15 is 0 Å². The summed E-state index contributed by atoms with van der Waals surface area (Å²) >= 11 is 6.21. The molecule has 2 nitrogen and oxygen atoms in total. The van der Waals surface area contributed by atoms with Crippen molar-refractivity contribution in [1.29, 1.82) is 0 Å². The van der Waals surface area contributed by atoms with Crippen molar-refractivity contribution in [2.24, 2.45) is 0 Å². The summed E-state index contributed by atoms with van der Waals surface area (Å²) < 4.78 is 13.2. The third-order valence-electron chi connectivity index (χ3n) is 4.17. The normalized spacial score (nSPS) is 20.9. The van der Waals surface area contributed by atoms with Crippen LogP contribution in [0.2, 0.25) is 5.02 Å². The largest absolute Gasteiger partial charge is 0.313 e. The van der Waals surface area contributed by atoms with E-state index in [9.17, 15) is 4.39 Å². The molecule has 112 valence electrons. The van der Waals surface area contributed by atoms with E-state index in [1.54, 1.807) is 6.07 Å². The van der Waals surface area contributed by atoms with Crippen molar-refractivity contribution in [2.75, 3.05) is 13.1 Å². The maximum absolute atomic E-state index is 13.2. The van der Waals surface area contributed by atoms with Crippen molar-refractivity contribution >= 4 is 11.6 Å². The first-order chi connectivity index (χ1) is 9.49. The number of halogens is 2. The molecule has 1 aromatic carbocycles. The van der Waals surface area contributed by atoms with Crippen LogP contribution in [-0.4, -0.2) is 30.1 Å². The van der Waals surface area contributed by atoms with Gasteiger partial charge in [0, 0.05) is 29.7 Å². The molecule has 2 atom stereocenters. The minimum absolute atomic E-state index is 0.186. The lowest BCUT2D eigenvalue weighted by atomic mass is 10.0. The number of nitrogens with one attached hydrogen (secondary N) is 1. The Balaban J connectivity index is 2.14. The molecule has 0 spiro atoms. The smallest absolute Gasteiger partial charge is 0.124 e. The van der Waals surface area contributed by atoms with Crippen LogP contribution < -0.4 is 5.32 Å². The Kier molecular flexibility index (Phi) is 5.42. The van der Waals surface area contributed by atoms with E-state index in [1.165, 1.54) is 25.0 Å². The number of hydrogen-bond donors (Lipinski definition) is 1. The molecule has 1 N–H and O–H groups in total. The van der Waals surface area contributed by atoms with Gasteiger partial charge in [0.25, 0.3) is 0 Å². The topological polar surface area (TPSA) is 15.3 Å². The van der Waals surface area contributed by atoms with Crippen molar-refractivity contribution < 1.29 is 4.39 Å². The Hall–Kier alpha value is -0.640. The summed E-state index contributed by atoms with van der Waals surface area (Å²) in [7, 11) is 0. The molecule has 1 fully saturated rings. The van der Waals surface area contributed by atoms with Crippen LogP contribution >= 0.6 is 11.6 Å². The molecular formula is C16H24ClFN2. The van der Waals surface area contributed by atoms with Gasteiger partial charge < -0.3 is 5.32 Å². The molecule has 0 aromatic heterocycles. The van der Waals surface area contributed by atoms with Crippen LogP contribution in [0, 0.1) is 5.82 Å². The van der Waals surface area contributed by atoms with Gasteiger partial charge in [-0.25, -0.2) is 4.39 Å². The highest BCUT2D eigenvalue weighted by Crippen LogP contribution is 2.30. The minimum Gasteiger partial charge on any atom is -0.313 e. The maximum atomic E-state index is 13.2. The van der Waals surface area contributed by atoms with Crippen LogP contribution in [0.4, 0.5) is 4.39 Å². The fourth-order valence-electron chi connectivity index (χ4n) is 3.00. The lowest BCUT2D eigenvalue weighted by Crippen LogP contribution is -2.42. The summed E-state index contributed by atoms with van der Waals surface area (Å²) in [5, 5.41) is 4.05. The van der Waals surface area contributed by atoms with E-state index in [4.69, 9.17) is 11.6 Å². The van der Waals surface area contributed by atoms with Gasteiger partial charge in [-0.05, 0) is 57.9 Å². The number of rotatable bonds is 5. The lowest BCUT2D eigenvalue weighted by Gasteiger charge is -2.35. The molecule has 0 aliphatic carbocycles. The molecule has 0 saturated carbocycles. The first-order valence-corrected chi connectivity index (χ1v) is 7.81. The van der Waals surface area contributed by atoms with Crippen LogP contribution in [0.5, 0.6) is 0 Å². The van der Waals surface area contributed by atoms with Crippen LogP contribution in [0.3, 0.4) is 0 Å². The molecule has 0 radical (unpaired) electrons. The van der Waals surface area contributed by atoms with Crippen LogP contribution in [-0.2, 0) is 0 Å². The van der Waals surface area contributed by atoms with E-state index in [0.29, 0.717) is 17.1 Å². The Labute approximate surface area is 126 Å². The summed E-state index contributed by atoms with van der Waals surface area (Å²) in [4.78, 5) is 2.43. The minimum atomic E-state index is -0.278. The summed E-state index contributed by atoms with van der Waals surface area (Å²) in [6, 6.07) is 5.86. The van der Waals surface area contributed by atoms with E-state index in [0.717, 1.165) is 18.7 Å². The highest BCUT2D eigenvalue weighted by atomic mass is 35.5. The first kappa shape index (κ1) is 15.7. The summed E-state index contributed by atoms with van der Waals surface area (Å²) in [6.45, 7) is 8.66. The molecule has 1 aromatic rings. The van der Waals surface area contributed by atoms with Crippen molar-refractivity contribution in [3.05, 3.63) is 34.6 Å². The Morgan fingerprint density at radius 2 is 2.15 bits per heavy atom. The van der Waals surface area contributed by atoms with Crippen molar-refractivity contribution in [3.63, 3.8) is 0 Å². The summed E-state index contributed by atoms with van der Waals surface area (Å²) in [6.07, 6.45) is 2.48. The van der Waals surface area contributed by atoms with Gasteiger partial charge in [0.15, 0.2) is 0 Å². The third kappa shape index (κ3) is 3.72. The molecule has 1 aliphatic rings. The van der Waals surface area contributed by atoms with Crippen LogP contribution in [0.25, 0.3) is 0 Å². The molecular weight excluding hydrogens is 275 g/mol. The molecule has 1 saturated heterocycles. The average molecular weight is 299 g/mol. The second kappa shape index (κ2) is 6.88. The standard InChI is InChI=1S/C16H24ClFN2/c1-11(2)20(10-14-5-4-8-19-14)12(3)15-7-6-13(18)9-16(15)17/h6-7,9,11-12,14,19H,4-5,8,10H2,1-3H3. The molecule has 4 heteroatoms. The molecule has 2 rings (SSSR count). The molecule has 0 bridgehead atoms. The van der Waals surface area contributed by atoms with Crippen LogP contribution in [0.1, 0.15) is 45.2 Å². The van der Waals surface area contributed by atoms with Gasteiger partial charge in [-0.1, -0.05) is 17.7 Å². The molecule has 1 aliphatic heterocycles. The van der Waals surface area contributed by atoms with E-state index in [2.05, 4.69) is 31.0 Å². The zero-order valence-corrected chi connectivity index (χ0v) is 13.3.